The third kappa shape index (κ3) is 3.73. The van der Waals surface area contributed by atoms with Gasteiger partial charge in [0.2, 0.25) is 5.91 Å². The van der Waals surface area contributed by atoms with E-state index in [-0.39, 0.29) is 18.2 Å². The van der Waals surface area contributed by atoms with Crippen molar-refractivity contribution >= 4 is 22.7 Å². The molecule has 7 heteroatoms. The van der Waals surface area contributed by atoms with Gasteiger partial charge in [0.25, 0.3) is 0 Å². The van der Waals surface area contributed by atoms with Crippen molar-refractivity contribution in [1.29, 1.82) is 0 Å². The third-order valence-electron chi connectivity index (χ3n) is 6.08. The molecule has 0 saturated carbocycles. The van der Waals surface area contributed by atoms with Crippen LogP contribution in [0.1, 0.15) is 43.4 Å². The molecule has 2 heterocycles. The van der Waals surface area contributed by atoms with Gasteiger partial charge >= 0.3 is 0 Å². The minimum atomic E-state index is -1.53. The molecule has 0 saturated heterocycles. The van der Waals surface area contributed by atoms with Gasteiger partial charge in [-0.05, 0) is 37.6 Å². The van der Waals surface area contributed by atoms with Crippen molar-refractivity contribution in [3.63, 3.8) is 0 Å². The van der Waals surface area contributed by atoms with Crippen LogP contribution in [-0.4, -0.2) is 29.1 Å². The number of nitrogens with zero attached hydrogens (tertiary/aromatic N) is 2. The smallest absolute Gasteiger partial charge is 0.241 e. The van der Waals surface area contributed by atoms with Crippen molar-refractivity contribution < 1.29 is 13.9 Å². The lowest BCUT2D eigenvalue weighted by Gasteiger charge is -2.45. The number of benzene rings is 2. The summed E-state index contributed by atoms with van der Waals surface area (Å²) in [5, 5.41) is 7.00. The van der Waals surface area contributed by atoms with Crippen LogP contribution in [0.15, 0.2) is 66.3 Å². The zero-order valence-corrected chi connectivity index (χ0v) is 19.2. The fourth-order valence-corrected chi connectivity index (χ4v) is 6.03. The Bertz CT molecular complexity index is 1070. The van der Waals surface area contributed by atoms with Crippen LogP contribution >= 0.6 is 11.8 Å². The standard InChI is InChI=1S/C25H28FN3O2S/c1-4-13-24(3,26)19-9-7-8-18(15-19)23-28-29(17(2)30)25(32-23)20(12-14-27)16-31-22-11-6-5-10-21(22)25/h4-11,15,20H,1,12-14,16,27H2,2-3H3/t20-,24?,25+/m1/s1. The van der Waals surface area contributed by atoms with Gasteiger partial charge in [0.05, 0.1) is 6.61 Å². The molecule has 0 radical (unpaired) electrons. The number of amides is 1. The van der Waals surface area contributed by atoms with Crippen LogP contribution in [0.25, 0.3) is 0 Å². The Balaban J connectivity index is 1.82. The van der Waals surface area contributed by atoms with Gasteiger partial charge in [0, 0.05) is 30.4 Å². The zero-order chi connectivity index (χ0) is 22.9. The highest BCUT2D eigenvalue weighted by atomic mass is 32.2. The van der Waals surface area contributed by atoms with Crippen LogP contribution in [0, 0.1) is 5.92 Å². The summed E-state index contributed by atoms with van der Waals surface area (Å²) in [4.78, 5) is 12.1. The largest absolute Gasteiger partial charge is 0.493 e. The van der Waals surface area contributed by atoms with Gasteiger partial charge < -0.3 is 10.5 Å². The number of hydrogen-bond acceptors (Lipinski definition) is 5. The average Bonchev–Trinajstić information content (AvgIpc) is 3.18. The number of nitrogens with two attached hydrogens (primary N) is 1. The summed E-state index contributed by atoms with van der Waals surface area (Å²) in [5.74, 6) is 0.532. The normalized spacial score (nSPS) is 23.8. The van der Waals surface area contributed by atoms with Crippen molar-refractivity contribution in [2.75, 3.05) is 13.2 Å². The van der Waals surface area contributed by atoms with Gasteiger partial charge in [-0.25, -0.2) is 9.40 Å². The van der Waals surface area contributed by atoms with E-state index >= 15 is 4.39 Å². The van der Waals surface area contributed by atoms with Gasteiger partial charge in [0.1, 0.15) is 16.5 Å². The quantitative estimate of drug-likeness (QED) is 0.631. The van der Waals surface area contributed by atoms with E-state index in [9.17, 15) is 4.79 Å². The van der Waals surface area contributed by atoms with Crippen LogP contribution in [0.4, 0.5) is 4.39 Å². The summed E-state index contributed by atoms with van der Waals surface area (Å²) in [6.45, 7) is 7.65. The number of fused-ring (bicyclic) bond motifs is 2. The number of rotatable bonds is 6. The van der Waals surface area contributed by atoms with Crippen LogP contribution < -0.4 is 10.5 Å². The molecule has 168 valence electrons. The average molecular weight is 454 g/mol. The Kier molecular flexibility index (Phi) is 6.14. The van der Waals surface area contributed by atoms with Gasteiger partial charge in [-0.1, -0.05) is 54.2 Å². The number of halogens is 1. The predicted octanol–water partition coefficient (Wildman–Crippen LogP) is 4.91. The highest BCUT2D eigenvalue weighted by molar-refractivity contribution is 8.15. The lowest BCUT2D eigenvalue weighted by molar-refractivity contribution is -0.134. The van der Waals surface area contributed by atoms with Crippen LogP contribution in [0.5, 0.6) is 5.75 Å². The minimum Gasteiger partial charge on any atom is -0.493 e. The van der Waals surface area contributed by atoms with E-state index in [0.717, 1.165) is 16.9 Å². The second kappa shape index (κ2) is 8.71. The van der Waals surface area contributed by atoms with Gasteiger partial charge in [-0.3, -0.25) is 4.79 Å². The summed E-state index contributed by atoms with van der Waals surface area (Å²) in [6.07, 6.45) is 2.47. The number of para-hydroxylation sites is 1. The Morgan fingerprint density at radius 1 is 1.41 bits per heavy atom. The number of thioether (sulfide) groups is 1. The summed E-state index contributed by atoms with van der Waals surface area (Å²) in [6, 6.07) is 15.1. The van der Waals surface area contributed by atoms with Gasteiger partial charge in [-0.2, -0.15) is 5.10 Å². The summed E-state index contributed by atoms with van der Waals surface area (Å²) in [5.41, 5.74) is 6.64. The number of carbonyl (C=O) groups is 1. The first-order chi connectivity index (χ1) is 15.3. The summed E-state index contributed by atoms with van der Waals surface area (Å²) < 4.78 is 21.2. The molecule has 0 bridgehead atoms. The van der Waals surface area contributed by atoms with Crippen LogP contribution in [0.3, 0.4) is 0 Å². The molecule has 0 aliphatic carbocycles. The monoisotopic (exact) mass is 453 g/mol. The van der Waals surface area contributed by atoms with Crippen molar-refractivity contribution in [1.82, 2.24) is 5.01 Å². The van der Waals surface area contributed by atoms with Crippen molar-refractivity contribution in [3.8, 4) is 5.75 Å². The lowest BCUT2D eigenvalue weighted by atomic mass is 9.86. The maximum Gasteiger partial charge on any atom is 0.241 e. The molecular formula is C25H28FN3O2S. The van der Waals surface area contributed by atoms with E-state index in [1.165, 1.54) is 18.7 Å². The van der Waals surface area contributed by atoms with E-state index < -0.39 is 10.5 Å². The third-order valence-corrected chi connectivity index (χ3v) is 7.62. The first-order valence-corrected chi connectivity index (χ1v) is 11.6. The number of allylic oxidation sites excluding steroid dienone is 1. The molecule has 0 aromatic heterocycles. The highest BCUT2D eigenvalue weighted by Crippen LogP contribution is 2.57. The summed E-state index contributed by atoms with van der Waals surface area (Å²) in [7, 11) is 0. The number of hydrogen-bond donors (Lipinski definition) is 1. The van der Waals surface area contributed by atoms with Crippen LogP contribution in [0.2, 0.25) is 0 Å². The molecule has 2 N–H and O–H groups in total. The molecule has 1 amide bonds. The summed E-state index contributed by atoms with van der Waals surface area (Å²) >= 11 is 1.52. The molecule has 1 spiro atoms. The molecule has 3 atom stereocenters. The number of ether oxygens (including phenoxy) is 1. The molecule has 32 heavy (non-hydrogen) atoms. The molecule has 2 aliphatic rings. The molecule has 4 rings (SSSR count). The minimum absolute atomic E-state index is 0.0482. The highest BCUT2D eigenvalue weighted by Gasteiger charge is 2.56. The van der Waals surface area contributed by atoms with Gasteiger partial charge in [0.15, 0.2) is 4.87 Å². The van der Waals surface area contributed by atoms with Crippen LogP contribution in [-0.2, 0) is 15.3 Å². The molecule has 0 fully saturated rings. The first-order valence-electron chi connectivity index (χ1n) is 10.7. The number of carbonyl (C=O) groups excluding carboxylic acids is 1. The molecule has 5 nitrogen and oxygen atoms in total. The topological polar surface area (TPSA) is 67.9 Å². The number of hydrazone groups is 1. The second-order valence-corrected chi connectivity index (χ2v) is 9.60. The maximum atomic E-state index is 15.2. The number of alkyl halides is 1. The fraction of sp³-hybridized carbons (Fsp3) is 0.360. The first kappa shape index (κ1) is 22.6. The van der Waals surface area contributed by atoms with Crippen molar-refractivity contribution in [3.05, 3.63) is 77.9 Å². The van der Waals surface area contributed by atoms with E-state index in [2.05, 4.69) is 6.58 Å². The molecule has 2 aromatic rings. The molecule has 2 aromatic carbocycles. The Labute approximate surface area is 192 Å². The zero-order valence-electron chi connectivity index (χ0n) is 18.4. The van der Waals surface area contributed by atoms with E-state index in [1.54, 1.807) is 24.1 Å². The Hall–Kier alpha value is -2.64. The fourth-order valence-electron chi connectivity index (χ4n) is 4.48. The molecule has 1 unspecified atom stereocenters. The molecule has 2 aliphatic heterocycles. The second-order valence-electron chi connectivity index (χ2n) is 8.39. The predicted molar refractivity (Wildman–Crippen MR) is 127 cm³/mol. The van der Waals surface area contributed by atoms with Crippen molar-refractivity contribution in [2.24, 2.45) is 16.8 Å². The SMILES string of the molecule is C=CCC(C)(F)c1cccc(C2=NN(C(C)=O)[C@@]3(S2)c2ccccc2OC[C@H]3CCN)c1. The van der Waals surface area contributed by atoms with E-state index in [0.29, 0.717) is 30.2 Å². The van der Waals surface area contributed by atoms with E-state index in [1.807, 2.05) is 42.5 Å². The Morgan fingerprint density at radius 2 is 2.19 bits per heavy atom. The van der Waals surface area contributed by atoms with Gasteiger partial charge in [-0.15, -0.1) is 6.58 Å². The Morgan fingerprint density at radius 3 is 2.91 bits per heavy atom. The lowest BCUT2D eigenvalue weighted by Crippen LogP contribution is -2.51. The van der Waals surface area contributed by atoms with Crippen molar-refractivity contribution in [2.45, 2.75) is 37.2 Å². The maximum absolute atomic E-state index is 15.2. The van der Waals surface area contributed by atoms with E-state index in [4.69, 9.17) is 15.6 Å². The molecular weight excluding hydrogens is 425 g/mol.